The fourth-order valence-corrected chi connectivity index (χ4v) is 8.38. The molecule has 3 fully saturated rings. The maximum Gasteiger partial charge on any atom is 0.338 e. The summed E-state index contributed by atoms with van der Waals surface area (Å²) >= 11 is 0. The molecule has 0 unspecified atom stereocenters. The smallest absolute Gasteiger partial charge is 0.338 e. The van der Waals surface area contributed by atoms with E-state index in [-0.39, 0.29) is 17.5 Å². The largest absolute Gasteiger partial charge is 0.465 e. The molecule has 268 valence electrons. The lowest BCUT2D eigenvalue weighted by molar-refractivity contribution is -0.328. The zero-order chi connectivity index (χ0) is 36.6. The average Bonchev–Trinajstić information content (AvgIpc) is 3.24. The Kier molecular flexibility index (Phi) is 10.1. The summed E-state index contributed by atoms with van der Waals surface area (Å²) in [5.41, 5.74) is -4.73. The van der Waals surface area contributed by atoms with Gasteiger partial charge in [-0.15, -0.1) is 0 Å². The number of hydrogen-bond donors (Lipinski definition) is 0. The van der Waals surface area contributed by atoms with Crippen LogP contribution in [0.15, 0.2) is 60.7 Å². The topological polar surface area (TPSA) is 167 Å². The molecule has 50 heavy (non-hydrogen) atoms. The quantitative estimate of drug-likeness (QED) is 0.273. The van der Waals surface area contributed by atoms with Crippen LogP contribution in [0.2, 0.25) is 0 Å². The van der Waals surface area contributed by atoms with Gasteiger partial charge in [0, 0.05) is 27.7 Å². The Hall–Kier alpha value is -4.78. The van der Waals surface area contributed by atoms with Gasteiger partial charge in [0.25, 0.3) is 0 Å². The first-order chi connectivity index (χ1) is 23.5. The fourth-order valence-electron chi connectivity index (χ4n) is 8.38. The molecule has 1 heterocycles. The predicted octanol–water partition coefficient (Wildman–Crippen LogP) is 4.00. The highest BCUT2D eigenvalue weighted by molar-refractivity contribution is 5.90. The monoisotopic (exact) mass is 694 g/mol. The van der Waals surface area contributed by atoms with E-state index >= 15 is 0 Å². The molecule has 13 nitrogen and oxygen atoms in total. The molecule has 5 rings (SSSR count). The van der Waals surface area contributed by atoms with Gasteiger partial charge in [-0.05, 0) is 50.5 Å². The summed E-state index contributed by atoms with van der Waals surface area (Å²) in [6.45, 7) is 9.24. The van der Waals surface area contributed by atoms with Crippen LogP contribution in [0.4, 0.5) is 0 Å². The molecule has 0 amide bonds. The van der Waals surface area contributed by atoms with Crippen LogP contribution in [-0.4, -0.2) is 84.1 Å². The Labute approximate surface area is 289 Å². The lowest BCUT2D eigenvalue weighted by Crippen LogP contribution is -2.81. The fraction of sp³-hybridized carbons (Fsp3) is 0.514. The average molecular weight is 695 g/mol. The van der Waals surface area contributed by atoms with E-state index in [4.69, 9.17) is 33.2 Å². The molecule has 2 aromatic rings. The lowest BCUT2D eigenvalue weighted by atomic mass is 9.47. The van der Waals surface area contributed by atoms with E-state index < -0.39 is 101 Å². The van der Waals surface area contributed by atoms with Crippen molar-refractivity contribution in [2.75, 3.05) is 6.61 Å². The maximum absolute atomic E-state index is 14.1. The molecule has 2 aromatic carbocycles. The lowest BCUT2D eigenvalue weighted by Gasteiger charge is -2.64. The highest BCUT2D eigenvalue weighted by Gasteiger charge is 2.85. The van der Waals surface area contributed by atoms with Gasteiger partial charge in [-0.2, -0.15) is 0 Å². The summed E-state index contributed by atoms with van der Waals surface area (Å²) in [4.78, 5) is 79.2. The number of rotatable bonds is 9. The summed E-state index contributed by atoms with van der Waals surface area (Å²) in [5, 5.41) is 0. The molecule has 2 aliphatic carbocycles. The van der Waals surface area contributed by atoms with Crippen molar-refractivity contribution in [3.8, 4) is 0 Å². The highest BCUT2D eigenvalue weighted by atomic mass is 16.6. The van der Waals surface area contributed by atoms with Gasteiger partial charge in [-0.3, -0.25) is 19.2 Å². The number of ether oxygens (including phenoxy) is 7. The zero-order valence-electron chi connectivity index (χ0n) is 29.0. The van der Waals surface area contributed by atoms with Gasteiger partial charge in [0.15, 0.2) is 12.2 Å². The number of benzene rings is 2. The summed E-state index contributed by atoms with van der Waals surface area (Å²) in [6, 6.07) is 16.1. The van der Waals surface area contributed by atoms with E-state index in [0.717, 1.165) is 13.8 Å². The Morgan fingerprint density at radius 2 is 1.16 bits per heavy atom. The molecule has 2 bridgehead atoms. The Morgan fingerprint density at radius 3 is 1.66 bits per heavy atom. The summed E-state index contributed by atoms with van der Waals surface area (Å²) in [6.07, 6.45) is -7.02. The number of fused-ring (bicyclic) bond motifs is 1. The molecule has 2 saturated carbocycles. The third kappa shape index (κ3) is 6.34. The van der Waals surface area contributed by atoms with E-state index in [1.807, 2.05) is 0 Å². The van der Waals surface area contributed by atoms with Crippen molar-refractivity contribution >= 4 is 35.8 Å². The van der Waals surface area contributed by atoms with Gasteiger partial charge >= 0.3 is 35.8 Å². The minimum absolute atomic E-state index is 0.0355. The molecule has 1 saturated heterocycles. The third-order valence-electron chi connectivity index (χ3n) is 9.95. The van der Waals surface area contributed by atoms with Crippen LogP contribution in [0, 0.1) is 17.3 Å². The third-order valence-corrected chi connectivity index (χ3v) is 9.95. The Morgan fingerprint density at radius 1 is 0.660 bits per heavy atom. The second kappa shape index (κ2) is 13.9. The minimum Gasteiger partial charge on any atom is -0.465 e. The summed E-state index contributed by atoms with van der Waals surface area (Å²) < 4.78 is 43.4. The van der Waals surface area contributed by atoms with Gasteiger partial charge < -0.3 is 33.2 Å². The van der Waals surface area contributed by atoms with E-state index in [0.29, 0.717) is 0 Å². The van der Waals surface area contributed by atoms with Crippen molar-refractivity contribution in [3.63, 3.8) is 0 Å². The molecule has 1 aliphatic heterocycles. The number of esters is 6. The first-order valence-corrected chi connectivity index (χ1v) is 16.4. The van der Waals surface area contributed by atoms with Crippen molar-refractivity contribution in [3.05, 3.63) is 71.8 Å². The van der Waals surface area contributed by atoms with Crippen LogP contribution in [0.3, 0.4) is 0 Å². The normalized spacial score (nSPS) is 32.0. The first kappa shape index (κ1) is 36.5. The number of carbonyl (C=O) groups is 6. The van der Waals surface area contributed by atoms with Crippen LogP contribution >= 0.6 is 0 Å². The van der Waals surface area contributed by atoms with Crippen LogP contribution in [0.25, 0.3) is 0 Å². The molecular weight excluding hydrogens is 652 g/mol. The predicted molar refractivity (Wildman–Crippen MR) is 172 cm³/mol. The van der Waals surface area contributed by atoms with Crippen molar-refractivity contribution in [2.24, 2.45) is 17.3 Å². The molecule has 13 heteroatoms. The van der Waals surface area contributed by atoms with E-state index in [2.05, 4.69) is 0 Å². The SMILES string of the molecule is CC(=O)OC[C@]12[C@H](OC(=O)c3ccccc3)[C@H](OC(=O)c3ccccc3)[C@@H]3[C@@H](OC(C)=O)[C@]1(OC3(C)C)[C@H](C)C[C@H](OC(C)=O)[C@@H]2OC(C)=O. The van der Waals surface area contributed by atoms with Gasteiger partial charge in [0.05, 0.1) is 22.6 Å². The Balaban J connectivity index is 1.87. The van der Waals surface area contributed by atoms with E-state index in [9.17, 15) is 28.8 Å². The standard InChI is InChI=1S/C37H42O13/c1-20-18-27(45-22(3)39)30(46-23(4)40)36(19-44-21(2)38)32(49-34(43)26-16-12-9-13-17-26)29(48-33(42)25-14-10-8-11-15-25)28-31(47-24(5)41)37(20,36)50-35(28,6)7/h8-17,20,27-32H,18-19H2,1-7H3/t20-,27+,28-,29-,30+,31-,32-,36+,37-/m1/s1. The van der Waals surface area contributed by atoms with Gasteiger partial charge in [-0.25, -0.2) is 9.59 Å². The number of hydrogen-bond acceptors (Lipinski definition) is 13. The van der Waals surface area contributed by atoms with Crippen molar-refractivity contribution in [2.45, 2.75) is 96.6 Å². The van der Waals surface area contributed by atoms with E-state index in [1.54, 1.807) is 57.2 Å². The van der Waals surface area contributed by atoms with Crippen molar-refractivity contribution < 1.29 is 61.9 Å². The van der Waals surface area contributed by atoms with Crippen LogP contribution in [0.1, 0.15) is 75.6 Å². The summed E-state index contributed by atoms with van der Waals surface area (Å²) in [5.74, 6) is -6.31. The van der Waals surface area contributed by atoms with E-state index in [1.165, 1.54) is 38.1 Å². The first-order valence-electron chi connectivity index (χ1n) is 16.4. The van der Waals surface area contributed by atoms with Crippen LogP contribution in [0.5, 0.6) is 0 Å². The molecular formula is C37H42O13. The summed E-state index contributed by atoms with van der Waals surface area (Å²) in [7, 11) is 0. The van der Waals surface area contributed by atoms with Gasteiger partial charge in [0.2, 0.25) is 0 Å². The maximum atomic E-state index is 14.1. The van der Waals surface area contributed by atoms with Crippen molar-refractivity contribution in [1.29, 1.82) is 0 Å². The highest BCUT2D eigenvalue weighted by Crippen LogP contribution is 2.68. The zero-order valence-corrected chi connectivity index (χ0v) is 29.0. The van der Waals surface area contributed by atoms with Crippen molar-refractivity contribution in [1.82, 2.24) is 0 Å². The molecule has 0 N–H and O–H groups in total. The molecule has 3 aliphatic rings. The second-order valence-corrected chi connectivity index (χ2v) is 13.6. The van der Waals surface area contributed by atoms with Crippen LogP contribution < -0.4 is 0 Å². The molecule has 0 radical (unpaired) electrons. The van der Waals surface area contributed by atoms with Gasteiger partial charge in [-0.1, -0.05) is 43.3 Å². The van der Waals surface area contributed by atoms with Crippen LogP contribution in [-0.2, 0) is 52.3 Å². The Bertz CT molecular complexity index is 1640. The molecule has 0 aromatic heterocycles. The minimum atomic E-state index is -2.02. The molecule has 9 atom stereocenters. The van der Waals surface area contributed by atoms with Gasteiger partial charge in [0.1, 0.15) is 35.9 Å². The second-order valence-electron chi connectivity index (χ2n) is 13.6. The number of carbonyl (C=O) groups excluding carboxylic acids is 6. The molecule has 1 spiro atoms.